The quantitative estimate of drug-likeness (QED) is 0.837. The number of hydrogen-bond donors (Lipinski definition) is 2. The van der Waals surface area contributed by atoms with E-state index in [1.807, 2.05) is 4.90 Å². The van der Waals surface area contributed by atoms with Crippen molar-refractivity contribution in [2.24, 2.45) is 11.7 Å². The number of carbonyl (C=O) groups excluding carboxylic acids is 2. The van der Waals surface area contributed by atoms with Gasteiger partial charge in [0.05, 0.1) is 10.6 Å². The van der Waals surface area contributed by atoms with Crippen LogP contribution < -0.4 is 16.0 Å². The summed E-state index contributed by atoms with van der Waals surface area (Å²) in [4.78, 5) is 28.3. The van der Waals surface area contributed by atoms with Crippen molar-refractivity contribution >= 4 is 41.6 Å². The van der Waals surface area contributed by atoms with Crippen molar-refractivity contribution in [3.8, 4) is 0 Å². The molecular weight excluding hydrogens is 363 g/mol. The molecule has 0 spiro atoms. The zero-order valence-electron chi connectivity index (χ0n) is 14.2. The maximum atomic E-state index is 13.0. The van der Waals surface area contributed by atoms with Gasteiger partial charge in [0, 0.05) is 37.9 Å². The molecule has 138 valence electrons. The second-order valence-electron chi connectivity index (χ2n) is 6.57. The number of benzene rings is 1. The fourth-order valence-corrected chi connectivity index (χ4v) is 3.66. The third-order valence-electron chi connectivity index (χ3n) is 4.86. The molecule has 2 atom stereocenters. The lowest BCUT2D eigenvalue weighted by molar-refractivity contribution is 0.0574. The van der Waals surface area contributed by atoms with Crippen molar-refractivity contribution in [1.29, 1.82) is 0 Å². The molecule has 2 saturated heterocycles. The Morgan fingerprint density at radius 2 is 2.16 bits per heavy atom. The van der Waals surface area contributed by atoms with E-state index in [9.17, 15) is 9.59 Å². The highest BCUT2D eigenvalue weighted by Crippen LogP contribution is 2.29. The van der Waals surface area contributed by atoms with Crippen LogP contribution in [0.3, 0.4) is 0 Å². The highest BCUT2D eigenvalue weighted by Gasteiger charge is 2.31. The Kier molecular flexibility index (Phi) is 6.54. The Bertz CT molecular complexity index is 656. The molecule has 0 aromatic heterocycles. The molecule has 0 saturated carbocycles. The Labute approximate surface area is 159 Å². The van der Waals surface area contributed by atoms with Crippen molar-refractivity contribution < 1.29 is 9.59 Å². The molecule has 2 unspecified atom stereocenters. The topological polar surface area (TPSA) is 78.7 Å². The van der Waals surface area contributed by atoms with E-state index in [1.165, 1.54) is 0 Å². The van der Waals surface area contributed by atoms with Crippen molar-refractivity contribution in [3.63, 3.8) is 0 Å². The van der Waals surface area contributed by atoms with E-state index in [4.69, 9.17) is 17.3 Å². The molecule has 1 aromatic rings. The second kappa shape index (κ2) is 8.25. The maximum absolute atomic E-state index is 13.0. The normalized spacial score (nSPS) is 23.2. The number of nitrogens with two attached hydrogens (primary N) is 1. The van der Waals surface area contributed by atoms with Gasteiger partial charge in [0.2, 0.25) is 0 Å². The fourth-order valence-electron chi connectivity index (χ4n) is 3.46. The van der Waals surface area contributed by atoms with E-state index in [0.717, 1.165) is 12.8 Å². The van der Waals surface area contributed by atoms with Crippen LogP contribution in [0.15, 0.2) is 18.2 Å². The van der Waals surface area contributed by atoms with Gasteiger partial charge in [0.15, 0.2) is 0 Å². The van der Waals surface area contributed by atoms with E-state index < -0.39 is 0 Å². The molecular formula is C17H24Cl2N4O2. The average Bonchev–Trinajstić information content (AvgIpc) is 3.00. The Hall–Kier alpha value is -1.50. The molecule has 3 rings (SSSR count). The number of carbonyl (C=O) groups is 2. The predicted octanol–water partition coefficient (Wildman–Crippen LogP) is 2.49. The molecule has 3 amide bonds. The summed E-state index contributed by atoms with van der Waals surface area (Å²) in [5.74, 6) is 0.460. The van der Waals surface area contributed by atoms with E-state index >= 15 is 0 Å². The van der Waals surface area contributed by atoms with Crippen LogP contribution in [0.1, 0.15) is 30.1 Å². The van der Waals surface area contributed by atoms with Crippen LogP contribution in [-0.4, -0.2) is 49.1 Å². The number of amides is 3. The first kappa shape index (κ1) is 19.8. The molecule has 0 radical (unpaired) electrons. The minimum absolute atomic E-state index is 0. The summed E-state index contributed by atoms with van der Waals surface area (Å²) in [5, 5.41) is 3.16. The monoisotopic (exact) mass is 386 g/mol. The van der Waals surface area contributed by atoms with Crippen LogP contribution >= 0.6 is 24.0 Å². The van der Waals surface area contributed by atoms with Crippen molar-refractivity contribution in [3.05, 3.63) is 28.8 Å². The van der Waals surface area contributed by atoms with Gasteiger partial charge >= 0.3 is 6.03 Å². The van der Waals surface area contributed by atoms with Gasteiger partial charge in [-0.1, -0.05) is 18.5 Å². The summed E-state index contributed by atoms with van der Waals surface area (Å²) in [6, 6.07) is 5.04. The lowest BCUT2D eigenvalue weighted by atomic mass is 9.92. The van der Waals surface area contributed by atoms with Gasteiger partial charge in [0.25, 0.3) is 5.91 Å². The first-order valence-electron chi connectivity index (χ1n) is 8.37. The number of halogens is 2. The molecule has 25 heavy (non-hydrogen) atoms. The smallest absolute Gasteiger partial charge is 0.321 e. The summed E-state index contributed by atoms with van der Waals surface area (Å²) in [5.41, 5.74) is 6.99. The number of nitrogens with zero attached hydrogens (tertiary/aromatic N) is 2. The van der Waals surface area contributed by atoms with Gasteiger partial charge in [-0.2, -0.15) is 0 Å². The zero-order valence-corrected chi connectivity index (χ0v) is 15.8. The molecule has 8 heteroatoms. The van der Waals surface area contributed by atoms with Crippen LogP contribution in [0.4, 0.5) is 10.5 Å². The largest absolute Gasteiger partial charge is 0.336 e. The average molecular weight is 387 g/mol. The summed E-state index contributed by atoms with van der Waals surface area (Å²) >= 11 is 6.28. The first-order chi connectivity index (χ1) is 11.5. The highest BCUT2D eigenvalue weighted by atomic mass is 35.5. The summed E-state index contributed by atoms with van der Waals surface area (Å²) in [6.45, 7) is 4.50. The van der Waals surface area contributed by atoms with Gasteiger partial charge in [0.1, 0.15) is 0 Å². The molecule has 2 fully saturated rings. The van der Waals surface area contributed by atoms with E-state index in [-0.39, 0.29) is 30.4 Å². The molecule has 2 aliphatic heterocycles. The standard InChI is InChI=1S/C17H23ClN4O2.ClH/c1-11-4-6-21(13(8-11)10-19)16(23)14-9-12(2-3-15(14)18)22-7-5-20-17(22)24;/h2-3,9,11,13H,4-8,10,19H2,1H3,(H,20,24);1H. The van der Waals surface area contributed by atoms with Crippen LogP contribution in [0, 0.1) is 5.92 Å². The van der Waals surface area contributed by atoms with Crippen LogP contribution in [0.25, 0.3) is 0 Å². The minimum atomic E-state index is -0.151. The molecule has 6 nitrogen and oxygen atoms in total. The van der Waals surface area contributed by atoms with Crippen LogP contribution in [0.2, 0.25) is 5.02 Å². The SMILES string of the molecule is CC1CCN(C(=O)c2cc(N3CCNC3=O)ccc2Cl)C(CN)C1.Cl. The summed E-state index contributed by atoms with van der Waals surface area (Å²) in [6.07, 6.45) is 1.88. The van der Waals surface area contributed by atoms with Gasteiger partial charge in [-0.3, -0.25) is 9.69 Å². The lowest BCUT2D eigenvalue weighted by Gasteiger charge is -2.38. The van der Waals surface area contributed by atoms with Gasteiger partial charge in [-0.05, 0) is 37.0 Å². The number of piperidine rings is 1. The molecule has 3 N–H and O–H groups in total. The summed E-state index contributed by atoms with van der Waals surface area (Å²) in [7, 11) is 0. The number of urea groups is 1. The highest BCUT2D eigenvalue weighted by molar-refractivity contribution is 6.34. The lowest BCUT2D eigenvalue weighted by Crippen LogP contribution is -2.49. The van der Waals surface area contributed by atoms with Crippen LogP contribution in [-0.2, 0) is 0 Å². The number of anilines is 1. The Morgan fingerprint density at radius 3 is 2.80 bits per heavy atom. The van der Waals surface area contributed by atoms with Gasteiger partial charge in [-0.15, -0.1) is 12.4 Å². The van der Waals surface area contributed by atoms with Crippen molar-refractivity contribution in [2.45, 2.75) is 25.8 Å². The van der Waals surface area contributed by atoms with Gasteiger partial charge in [-0.25, -0.2) is 4.79 Å². The van der Waals surface area contributed by atoms with E-state index in [2.05, 4.69) is 12.2 Å². The third kappa shape index (κ3) is 4.02. The van der Waals surface area contributed by atoms with E-state index in [0.29, 0.717) is 48.4 Å². The molecule has 0 aliphatic carbocycles. The molecule has 2 aliphatic rings. The maximum Gasteiger partial charge on any atom is 0.321 e. The first-order valence-corrected chi connectivity index (χ1v) is 8.75. The second-order valence-corrected chi connectivity index (χ2v) is 6.97. The number of rotatable bonds is 3. The summed E-state index contributed by atoms with van der Waals surface area (Å²) < 4.78 is 0. The predicted molar refractivity (Wildman–Crippen MR) is 102 cm³/mol. The fraction of sp³-hybridized carbons (Fsp3) is 0.529. The number of hydrogen-bond acceptors (Lipinski definition) is 3. The van der Waals surface area contributed by atoms with Gasteiger partial charge < -0.3 is 16.0 Å². The van der Waals surface area contributed by atoms with Crippen LogP contribution in [0.5, 0.6) is 0 Å². The number of nitrogens with one attached hydrogen (secondary N) is 1. The Morgan fingerprint density at radius 1 is 1.40 bits per heavy atom. The minimum Gasteiger partial charge on any atom is -0.336 e. The molecule has 1 aromatic carbocycles. The van der Waals surface area contributed by atoms with E-state index in [1.54, 1.807) is 23.1 Å². The van der Waals surface area contributed by atoms with Crippen molar-refractivity contribution in [1.82, 2.24) is 10.2 Å². The molecule has 0 bridgehead atoms. The zero-order chi connectivity index (χ0) is 17.3. The Balaban J connectivity index is 0.00000225. The third-order valence-corrected chi connectivity index (χ3v) is 5.19. The molecule has 2 heterocycles. The number of likely N-dealkylation sites (tertiary alicyclic amines) is 1. The van der Waals surface area contributed by atoms with Crippen molar-refractivity contribution in [2.75, 3.05) is 31.1 Å².